The molecule has 9 heteroatoms. The third-order valence-electron chi connectivity index (χ3n) is 5.19. The Balaban J connectivity index is 1.81. The van der Waals surface area contributed by atoms with Gasteiger partial charge in [0.15, 0.2) is 0 Å². The first-order chi connectivity index (χ1) is 14.4. The summed E-state index contributed by atoms with van der Waals surface area (Å²) in [5, 5.41) is 14.8. The summed E-state index contributed by atoms with van der Waals surface area (Å²) in [5.41, 5.74) is -0.0620. The zero-order valence-corrected chi connectivity index (χ0v) is 19.6. The van der Waals surface area contributed by atoms with Gasteiger partial charge in [0.25, 0.3) is 0 Å². The van der Waals surface area contributed by atoms with Gasteiger partial charge in [-0.25, -0.2) is 14.0 Å². The van der Waals surface area contributed by atoms with Crippen LogP contribution in [0, 0.1) is 17.7 Å². The molecule has 1 atom stereocenters. The molecule has 0 spiro atoms. The van der Waals surface area contributed by atoms with Gasteiger partial charge in [-0.1, -0.05) is 6.07 Å². The van der Waals surface area contributed by atoms with E-state index in [4.69, 9.17) is 4.74 Å². The summed E-state index contributed by atoms with van der Waals surface area (Å²) in [6.07, 6.45) is 2.28. The lowest BCUT2D eigenvalue weighted by Crippen LogP contribution is -2.46. The van der Waals surface area contributed by atoms with Gasteiger partial charge < -0.3 is 20.5 Å². The van der Waals surface area contributed by atoms with Gasteiger partial charge in [0.2, 0.25) is 5.91 Å². The van der Waals surface area contributed by atoms with E-state index in [-0.39, 0.29) is 24.2 Å². The van der Waals surface area contributed by atoms with Crippen molar-refractivity contribution in [2.24, 2.45) is 11.8 Å². The largest absolute Gasteiger partial charge is 0.480 e. The number of alkyl carbamates (subject to hydrolysis) is 1. The lowest BCUT2D eigenvalue weighted by molar-refractivity contribution is -0.142. The fourth-order valence-corrected chi connectivity index (χ4v) is 3.81. The van der Waals surface area contributed by atoms with Crippen molar-refractivity contribution in [1.82, 2.24) is 10.6 Å². The first-order valence-corrected chi connectivity index (χ1v) is 11.2. The Morgan fingerprint density at radius 2 is 1.87 bits per heavy atom. The van der Waals surface area contributed by atoms with Gasteiger partial charge in [-0.2, -0.15) is 0 Å². The first kappa shape index (κ1) is 25.1. The van der Waals surface area contributed by atoms with Gasteiger partial charge in [0.1, 0.15) is 17.5 Å². The minimum absolute atomic E-state index is 0.000423. The number of hydrogen-bond donors (Lipinski definition) is 3. The van der Waals surface area contributed by atoms with Crippen LogP contribution in [0.25, 0.3) is 0 Å². The average Bonchev–Trinajstić information content (AvgIpc) is 2.67. The van der Waals surface area contributed by atoms with Crippen LogP contribution in [0.4, 0.5) is 9.18 Å². The van der Waals surface area contributed by atoms with Crippen molar-refractivity contribution in [2.75, 3.05) is 6.54 Å². The molecular weight excluding hydrogens is 471 g/mol. The predicted molar refractivity (Wildman–Crippen MR) is 117 cm³/mol. The number of benzene rings is 1. The molecule has 0 bridgehead atoms. The molecule has 0 saturated heterocycles. The second-order valence-electron chi connectivity index (χ2n) is 8.95. The molecule has 0 aliphatic heterocycles. The van der Waals surface area contributed by atoms with Crippen molar-refractivity contribution in [2.45, 2.75) is 64.5 Å². The van der Waals surface area contributed by atoms with Gasteiger partial charge >= 0.3 is 12.1 Å². The third kappa shape index (κ3) is 8.47. The molecule has 2 rings (SSSR count). The summed E-state index contributed by atoms with van der Waals surface area (Å²) in [4.78, 5) is 36.0. The number of amides is 2. The van der Waals surface area contributed by atoms with Crippen molar-refractivity contribution in [1.29, 1.82) is 0 Å². The highest BCUT2D eigenvalue weighted by Gasteiger charge is 2.30. The SMILES string of the molecule is CC(C)(C)OC(=O)NCC1CCC(C(=O)NC(Cc2ccc(Br)c(F)c2)C(=O)O)CC1. The van der Waals surface area contributed by atoms with Gasteiger partial charge in [0, 0.05) is 18.9 Å². The van der Waals surface area contributed by atoms with Crippen LogP contribution in [0.2, 0.25) is 0 Å². The molecule has 1 aromatic rings. The number of rotatable bonds is 7. The Morgan fingerprint density at radius 3 is 2.42 bits per heavy atom. The van der Waals surface area contributed by atoms with Crippen LogP contribution in [-0.2, 0) is 20.7 Å². The maximum Gasteiger partial charge on any atom is 0.407 e. The Morgan fingerprint density at radius 1 is 1.23 bits per heavy atom. The van der Waals surface area contributed by atoms with E-state index >= 15 is 0 Å². The van der Waals surface area contributed by atoms with E-state index in [0.717, 1.165) is 12.8 Å². The number of halogens is 2. The number of carboxylic acid groups (broad SMARTS) is 1. The molecule has 1 aliphatic rings. The number of carboxylic acids is 1. The molecule has 1 aliphatic carbocycles. The summed E-state index contributed by atoms with van der Waals surface area (Å²) in [6, 6.07) is 3.27. The molecule has 7 nitrogen and oxygen atoms in total. The monoisotopic (exact) mass is 500 g/mol. The summed E-state index contributed by atoms with van der Waals surface area (Å²) >= 11 is 3.06. The number of carbonyl (C=O) groups excluding carboxylic acids is 2. The number of aliphatic carboxylic acids is 1. The smallest absolute Gasteiger partial charge is 0.407 e. The molecule has 0 aromatic heterocycles. The molecule has 0 heterocycles. The number of carbonyl (C=O) groups is 3. The molecule has 1 saturated carbocycles. The van der Waals surface area contributed by atoms with E-state index in [1.165, 1.54) is 12.1 Å². The van der Waals surface area contributed by atoms with Crippen LogP contribution in [0.1, 0.15) is 52.0 Å². The minimum atomic E-state index is -1.16. The summed E-state index contributed by atoms with van der Waals surface area (Å²) in [6.45, 7) is 5.88. The van der Waals surface area contributed by atoms with Crippen LogP contribution >= 0.6 is 15.9 Å². The maximum atomic E-state index is 13.7. The third-order valence-corrected chi connectivity index (χ3v) is 5.83. The van der Waals surface area contributed by atoms with E-state index < -0.39 is 29.5 Å². The first-order valence-electron chi connectivity index (χ1n) is 10.4. The van der Waals surface area contributed by atoms with Crippen molar-refractivity contribution in [3.05, 3.63) is 34.1 Å². The Bertz CT molecular complexity index is 804. The van der Waals surface area contributed by atoms with Crippen LogP contribution in [0.3, 0.4) is 0 Å². The van der Waals surface area contributed by atoms with Gasteiger partial charge in [-0.15, -0.1) is 0 Å². The summed E-state index contributed by atoms with van der Waals surface area (Å²) in [7, 11) is 0. The van der Waals surface area contributed by atoms with Gasteiger partial charge in [-0.05, 0) is 86.0 Å². The van der Waals surface area contributed by atoms with Crippen LogP contribution in [0.5, 0.6) is 0 Å². The van der Waals surface area contributed by atoms with E-state index in [9.17, 15) is 23.9 Å². The van der Waals surface area contributed by atoms with E-state index in [2.05, 4.69) is 26.6 Å². The minimum Gasteiger partial charge on any atom is -0.480 e. The summed E-state index contributed by atoms with van der Waals surface area (Å²) < 4.78 is 19.2. The van der Waals surface area contributed by atoms with Crippen molar-refractivity contribution < 1.29 is 28.6 Å². The zero-order valence-electron chi connectivity index (χ0n) is 18.0. The highest BCUT2D eigenvalue weighted by Crippen LogP contribution is 2.29. The lowest BCUT2D eigenvalue weighted by Gasteiger charge is -2.29. The highest BCUT2D eigenvalue weighted by molar-refractivity contribution is 9.10. The Hall–Kier alpha value is -2.16. The average molecular weight is 501 g/mol. The van der Waals surface area contributed by atoms with Gasteiger partial charge in [-0.3, -0.25) is 4.79 Å². The number of ether oxygens (including phenoxy) is 1. The van der Waals surface area contributed by atoms with E-state index in [1.54, 1.807) is 26.8 Å². The standard InChI is InChI=1S/C22H30BrFN2O5/c1-22(2,3)31-21(30)25-12-13-4-7-15(8-5-13)19(27)26-18(20(28)29)11-14-6-9-16(23)17(24)10-14/h6,9-10,13,15,18H,4-5,7-8,11-12H2,1-3H3,(H,25,30)(H,26,27)(H,28,29). The molecule has 2 amide bonds. The van der Waals surface area contributed by atoms with Crippen LogP contribution in [-0.4, -0.2) is 41.3 Å². The van der Waals surface area contributed by atoms with Crippen LogP contribution in [0.15, 0.2) is 22.7 Å². The van der Waals surface area contributed by atoms with Crippen LogP contribution < -0.4 is 10.6 Å². The summed E-state index contributed by atoms with van der Waals surface area (Å²) in [5.74, 6) is -1.97. The van der Waals surface area contributed by atoms with Gasteiger partial charge in [0.05, 0.1) is 4.47 Å². The molecule has 31 heavy (non-hydrogen) atoms. The van der Waals surface area contributed by atoms with E-state index in [1.807, 2.05) is 0 Å². The normalized spacial score (nSPS) is 19.9. The molecule has 3 N–H and O–H groups in total. The zero-order chi connectivity index (χ0) is 23.2. The number of hydrogen-bond acceptors (Lipinski definition) is 4. The Labute approximate surface area is 190 Å². The second kappa shape index (κ2) is 10.9. The topological polar surface area (TPSA) is 105 Å². The molecule has 1 fully saturated rings. The molecule has 1 unspecified atom stereocenters. The number of nitrogens with one attached hydrogen (secondary N) is 2. The van der Waals surface area contributed by atoms with E-state index in [0.29, 0.717) is 29.4 Å². The van der Waals surface area contributed by atoms with Crippen molar-refractivity contribution >= 4 is 33.9 Å². The maximum absolute atomic E-state index is 13.7. The van der Waals surface area contributed by atoms with Crippen molar-refractivity contribution in [3.63, 3.8) is 0 Å². The predicted octanol–water partition coefficient (Wildman–Crippen LogP) is 4.03. The molecule has 1 aromatic carbocycles. The molecular formula is C22H30BrFN2O5. The van der Waals surface area contributed by atoms with Crippen molar-refractivity contribution in [3.8, 4) is 0 Å². The highest BCUT2D eigenvalue weighted by atomic mass is 79.9. The molecule has 172 valence electrons. The molecule has 0 radical (unpaired) electrons. The lowest BCUT2D eigenvalue weighted by atomic mass is 9.81. The fourth-order valence-electron chi connectivity index (χ4n) is 3.56. The second-order valence-corrected chi connectivity index (χ2v) is 9.81. The quantitative estimate of drug-likeness (QED) is 0.524. The Kier molecular flexibility index (Phi) is 8.85. The fraction of sp³-hybridized carbons (Fsp3) is 0.591.